The molecule has 8 heteroatoms. The Balaban J connectivity index is 0.000000192. The van der Waals surface area contributed by atoms with Crippen LogP contribution in [-0.2, 0) is 22.7 Å². The number of aromatic nitrogens is 4. The molecule has 0 radical (unpaired) electrons. The maximum absolute atomic E-state index is 11.9. The van der Waals surface area contributed by atoms with E-state index in [1.165, 1.54) is 4.57 Å². The lowest BCUT2D eigenvalue weighted by molar-refractivity contribution is -0.145. The Morgan fingerprint density at radius 1 is 0.742 bits per heavy atom. The molecule has 3 N–H and O–H groups in total. The van der Waals surface area contributed by atoms with Crippen molar-refractivity contribution >= 4 is 28.0 Å². The van der Waals surface area contributed by atoms with Crippen molar-refractivity contribution < 1.29 is 9.53 Å². The number of imidazole rings is 2. The first kappa shape index (κ1) is 20.0. The molecule has 0 amide bonds. The smallest absolute Gasteiger partial charge is 0.327 e. The Labute approximate surface area is 176 Å². The Morgan fingerprint density at radius 3 is 2.00 bits per heavy atom. The summed E-state index contributed by atoms with van der Waals surface area (Å²) < 4.78 is 6.57. The van der Waals surface area contributed by atoms with Gasteiger partial charge in [0.2, 0.25) is 0 Å². The third kappa shape index (κ3) is 4.81. The average molecular weight is 416 g/mol. The molecule has 0 aliphatic carbocycles. The monoisotopic (exact) mass is 416 g/mol. The van der Waals surface area contributed by atoms with Gasteiger partial charge in [-0.1, -0.05) is 54.6 Å². The number of hydrogen-bond donors (Lipinski definition) is 3. The summed E-state index contributed by atoms with van der Waals surface area (Å²) in [7, 11) is 0. The van der Waals surface area contributed by atoms with E-state index < -0.39 is 5.97 Å². The van der Waals surface area contributed by atoms with Crippen molar-refractivity contribution in [2.75, 3.05) is 0 Å². The zero-order valence-electron chi connectivity index (χ0n) is 16.5. The Kier molecular flexibility index (Phi) is 5.79. The van der Waals surface area contributed by atoms with Crippen molar-refractivity contribution in [3.8, 4) is 0 Å². The van der Waals surface area contributed by atoms with Crippen molar-refractivity contribution in [3.05, 3.63) is 105 Å². The van der Waals surface area contributed by atoms with Crippen molar-refractivity contribution in [1.82, 2.24) is 19.5 Å². The van der Waals surface area contributed by atoms with Crippen molar-refractivity contribution in [3.63, 3.8) is 0 Å². The first-order valence-corrected chi connectivity index (χ1v) is 9.64. The minimum absolute atomic E-state index is 0.102. The zero-order valence-corrected chi connectivity index (χ0v) is 16.5. The van der Waals surface area contributed by atoms with Crippen LogP contribution < -0.4 is 11.4 Å². The van der Waals surface area contributed by atoms with Gasteiger partial charge in [0.25, 0.3) is 0 Å². The maximum atomic E-state index is 11.9. The molecule has 0 bridgehead atoms. The molecule has 0 atom stereocenters. The number of carbonyl (C=O) groups excluding carboxylic acids is 1. The molecule has 5 aromatic rings. The number of fused-ring (bicyclic) bond motifs is 2. The lowest BCUT2D eigenvalue weighted by Gasteiger charge is -2.05. The highest BCUT2D eigenvalue weighted by Gasteiger charge is 2.11. The number of esters is 1. The summed E-state index contributed by atoms with van der Waals surface area (Å²) in [6.45, 7) is 0.104. The van der Waals surface area contributed by atoms with Crippen LogP contribution in [0.15, 0.2) is 88.5 Å². The highest BCUT2D eigenvalue weighted by Crippen LogP contribution is 2.09. The van der Waals surface area contributed by atoms with Gasteiger partial charge in [-0.2, -0.15) is 0 Å². The molecule has 31 heavy (non-hydrogen) atoms. The normalized spacial score (nSPS) is 10.6. The lowest BCUT2D eigenvalue weighted by atomic mass is 10.2. The van der Waals surface area contributed by atoms with Crippen molar-refractivity contribution in [2.45, 2.75) is 13.2 Å². The second-order valence-electron chi connectivity index (χ2n) is 6.80. The second kappa shape index (κ2) is 9.00. The van der Waals surface area contributed by atoms with Gasteiger partial charge in [0, 0.05) is 0 Å². The Bertz CT molecular complexity index is 1390. The second-order valence-corrected chi connectivity index (χ2v) is 6.80. The molecule has 5 rings (SSSR count). The SMILES string of the molecule is O=C(Cn1c(=O)[nH]c2ccccc21)OCc1ccccc1.O=c1[nH]c2ccccc2[nH]1. The summed E-state index contributed by atoms with van der Waals surface area (Å²) in [6.07, 6.45) is 0. The number of H-pyrrole nitrogens is 3. The fourth-order valence-corrected chi connectivity index (χ4v) is 3.15. The number of carbonyl (C=O) groups is 1. The molecule has 0 aliphatic rings. The number of para-hydroxylation sites is 4. The molecule has 2 aromatic heterocycles. The van der Waals surface area contributed by atoms with E-state index in [0.717, 1.165) is 16.6 Å². The molecule has 0 saturated carbocycles. The molecule has 156 valence electrons. The summed E-state index contributed by atoms with van der Waals surface area (Å²) in [5.41, 5.74) is 3.56. The van der Waals surface area contributed by atoms with E-state index in [9.17, 15) is 14.4 Å². The van der Waals surface area contributed by atoms with Crippen LogP contribution in [0.25, 0.3) is 22.1 Å². The molecule has 0 spiro atoms. The van der Waals surface area contributed by atoms with Crippen LogP contribution in [0.1, 0.15) is 5.56 Å². The zero-order chi connectivity index (χ0) is 21.6. The first-order chi connectivity index (χ1) is 15.1. The minimum Gasteiger partial charge on any atom is -0.459 e. The van der Waals surface area contributed by atoms with E-state index in [4.69, 9.17) is 4.74 Å². The largest absolute Gasteiger partial charge is 0.459 e. The highest BCUT2D eigenvalue weighted by atomic mass is 16.5. The van der Waals surface area contributed by atoms with E-state index in [-0.39, 0.29) is 24.5 Å². The third-order valence-corrected chi connectivity index (χ3v) is 4.63. The summed E-state index contributed by atoms with van der Waals surface area (Å²) in [5, 5.41) is 0. The Morgan fingerprint density at radius 2 is 1.32 bits per heavy atom. The molecule has 0 fully saturated rings. The molecule has 8 nitrogen and oxygen atoms in total. The van der Waals surface area contributed by atoms with Gasteiger partial charge in [0.05, 0.1) is 22.1 Å². The average Bonchev–Trinajstić information content (AvgIpc) is 3.32. The van der Waals surface area contributed by atoms with Gasteiger partial charge in [-0.15, -0.1) is 0 Å². The number of rotatable bonds is 4. The molecule has 2 heterocycles. The number of hydrogen-bond acceptors (Lipinski definition) is 4. The van der Waals surface area contributed by atoms with Gasteiger partial charge in [-0.25, -0.2) is 9.59 Å². The van der Waals surface area contributed by atoms with Crippen LogP contribution in [0.2, 0.25) is 0 Å². The molecule has 0 saturated heterocycles. The number of nitrogens with zero attached hydrogens (tertiary/aromatic N) is 1. The van der Waals surface area contributed by atoms with Crippen LogP contribution in [0.3, 0.4) is 0 Å². The standard InChI is InChI=1S/C16H14N2O3.C7H6N2O/c19-15(21-11-12-6-2-1-3-7-12)10-18-14-9-5-4-8-13(14)17-16(18)20;10-7-8-5-3-1-2-4-6(5)9-7/h1-9H,10-11H2,(H,17,20);1-4H,(H2,8,9,10). The predicted molar refractivity (Wildman–Crippen MR) is 118 cm³/mol. The first-order valence-electron chi connectivity index (χ1n) is 9.64. The van der Waals surface area contributed by atoms with E-state index in [2.05, 4.69) is 15.0 Å². The summed E-state index contributed by atoms with van der Waals surface area (Å²) >= 11 is 0. The number of benzene rings is 3. The summed E-state index contributed by atoms with van der Waals surface area (Å²) in [6, 6.07) is 24.1. The van der Waals surface area contributed by atoms with Crippen LogP contribution in [0, 0.1) is 0 Å². The fourth-order valence-electron chi connectivity index (χ4n) is 3.15. The molecular formula is C23H20N4O4. The van der Waals surface area contributed by atoms with Crippen molar-refractivity contribution in [2.24, 2.45) is 0 Å². The van der Waals surface area contributed by atoms with Crippen LogP contribution in [0.5, 0.6) is 0 Å². The van der Waals surface area contributed by atoms with Gasteiger partial charge in [0.1, 0.15) is 13.2 Å². The van der Waals surface area contributed by atoms with Crippen molar-refractivity contribution in [1.29, 1.82) is 0 Å². The molecule has 0 aliphatic heterocycles. The van der Waals surface area contributed by atoms with E-state index in [0.29, 0.717) is 11.0 Å². The molecular weight excluding hydrogens is 396 g/mol. The fraction of sp³-hybridized carbons (Fsp3) is 0.0870. The summed E-state index contributed by atoms with van der Waals surface area (Å²) in [5.74, 6) is -0.439. The van der Waals surface area contributed by atoms with Gasteiger partial charge in [-0.3, -0.25) is 9.36 Å². The van der Waals surface area contributed by atoms with Gasteiger partial charge in [-0.05, 0) is 29.8 Å². The van der Waals surface area contributed by atoms with Crippen LogP contribution in [-0.4, -0.2) is 25.5 Å². The lowest BCUT2D eigenvalue weighted by Crippen LogP contribution is -2.23. The van der Waals surface area contributed by atoms with E-state index in [1.54, 1.807) is 12.1 Å². The number of nitrogens with one attached hydrogen (secondary N) is 3. The minimum atomic E-state index is -0.439. The van der Waals surface area contributed by atoms with Gasteiger partial charge in [0.15, 0.2) is 0 Å². The van der Waals surface area contributed by atoms with E-state index >= 15 is 0 Å². The van der Waals surface area contributed by atoms with E-state index in [1.807, 2.05) is 66.7 Å². The third-order valence-electron chi connectivity index (χ3n) is 4.63. The van der Waals surface area contributed by atoms with Gasteiger partial charge < -0.3 is 19.7 Å². The predicted octanol–water partition coefficient (Wildman–Crippen LogP) is 2.93. The quantitative estimate of drug-likeness (QED) is 0.391. The van der Waals surface area contributed by atoms with Crippen LogP contribution in [0.4, 0.5) is 0 Å². The number of ether oxygens (including phenoxy) is 1. The molecule has 3 aromatic carbocycles. The summed E-state index contributed by atoms with van der Waals surface area (Å²) in [4.78, 5) is 42.4. The Hall–Kier alpha value is -4.33. The maximum Gasteiger partial charge on any atom is 0.327 e. The molecule has 0 unspecified atom stereocenters. The van der Waals surface area contributed by atoms with Crippen LogP contribution >= 0.6 is 0 Å². The highest BCUT2D eigenvalue weighted by molar-refractivity contribution is 5.78. The number of aromatic amines is 3. The topological polar surface area (TPSA) is 113 Å². The van der Waals surface area contributed by atoms with Gasteiger partial charge >= 0.3 is 17.3 Å².